The molecule has 3 N–H and O–H groups in total. The Bertz CT molecular complexity index is 370. The maximum atomic E-state index is 12.6. The lowest BCUT2D eigenvalue weighted by Crippen LogP contribution is -2.61. The van der Waals surface area contributed by atoms with E-state index in [2.05, 4.69) is 12.2 Å². The van der Waals surface area contributed by atoms with E-state index in [4.69, 9.17) is 18.0 Å². The van der Waals surface area contributed by atoms with Crippen molar-refractivity contribution in [1.82, 2.24) is 10.2 Å². The van der Waals surface area contributed by atoms with Gasteiger partial charge in [0.1, 0.15) is 0 Å². The molecule has 2 fully saturated rings. The maximum Gasteiger partial charge on any atom is 0.318 e. The van der Waals surface area contributed by atoms with Gasteiger partial charge >= 0.3 is 6.03 Å². The first-order valence-corrected chi connectivity index (χ1v) is 8.85. The van der Waals surface area contributed by atoms with Crippen molar-refractivity contribution in [2.24, 2.45) is 11.7 Å². The number of thiocarbonyl (C=S) groups is 1. The minimum absolute atomic E-state index is 0.0275. The molecule has 1 saturated carbocycles. The number of hydrogen-bond donors (Lipinski definition) is 2. The summed E-state index contributed by atoms with van der Waals surface area (Å²) in [6.45, 7) is 3.95. The molecule has 0 unspecified atom stereocenters. The van der Waals surface area contributed by atoms with Gasteiger partial charge in [0.15, 0.2) is 0 Å². The molecule has 2 amide bonds. The molecule has 0 aromatic carbocycles. The molecule has 2 rings (SSSR count). The largest absolute Gasteiger partial charge is 0.391 e. The molecule has 120 valence electrons. The number of amides is 2. The van der Waals surface area contributed by atoms with Crippen LogP contribution in [0, 0.1) is 5.92 Å². The van der Waals surface area contributed by atoms with Crippen LogP contribution in [-0.4, -0.2) is 34.5 Å². The van der Waals surface area contributed by atoms with E-state index in [0.717, 1.165) is 57.5 Å². The molecule has 0 aromatic heterocycles. The van der Waals surface area contributed by atoms with E-state index in [1.54, 1.807) is 0 Å². The molecule has 0 spiro atoms. The fraction of sp³-hybridized carbons (Fsp3) is 0.875. The van der Waals surface area contributed by atoms with Crippen LogP contribution < -0.4 is 11.1 Å². The van der Waals surface area contributed by atoms with E-state index in [9.17, 15) is 4.79 Å². The van der Waals surface area contributed by atoms with Crippen LogP contribution in [0.3, 0.4) is 0 Å². The number of nitrogens with zero attached hydrogens (tertiary/aromatic N) is 1. The predicted octanol–water partition coefficient (Wildman–Crippen LogP) is 3.20. The highest BCUT2D eigenvalue weighted by atomic mass is 32.1. The van der Waals surface area contributed by atoms with Crippen LogP contribution in [0.25, 0.3) is 0 Å². The van der Waals surface area contributed by atoms with Gasteiger partial charge in [0, 0.05) is 13.1 Å². The summed E-state index contributed by atoms with van der Waals surface area (Å²) >= 11 is 5.29. The van der Waals surface area contributed by atoms with Crippen molar-refractivity contribution in [3.05, 3.63) is 0 Å². The van der Waals surface area contributed by atoms with Crippen LogP contribution in [-0.2, 0) is 0 Å². The van der Waals surface area contributed by atoms with Crippen LogP contribution in [0.4, 0.5) is 4.79 Å². The lowest BCUT2D eigenvalue weighted by molar-refractivity contribution is 0.178. The summed E-state index contributed by atoms with van der Waals surface area (Å²) in [7, 11) is 0. The lowest BCUT2D eigenvalue weighted by atomic mass is 9.75. The van der Waals surface area contributed by atoms with Crippen molar-refractivity contribution in [2.45, 2.75) is 70.3 Å². The standard InChI is InChI=1S/C16H29N3OS/c1-2-13-7-9-16(10-8-13,14(17)21)18-15(20)19-11-5-3-4-6-12-19/h13H,2-12H2,1H3,(H2,17,21)(H,18,20). The summed E-state index contributed by atoms with van der Waals surface area (Å²) in [5.41, 5.74) is 5.54. The van der Waals surface area contributed by atoms with Gasteiger partial charge in [0.05, 0.1) is 10.5 Å². The Morgan fingerprint density at radius 1 is 1.24 bits per heavy atom. The zero-order chi connectivity index (χ0) is 15.3. The minimum atomic E-state index is -0.454. The average molecular weight is 311 g/mol. The van der Waals surface area contributed by atoms with Gasteiger partial charge in [-0.1, -0.05) is 38.4 Å². The third-order valence-corrected chi connectivity index (χ3v) is 5.64. The average Bonchev–Trinajstić information content (AvgIpc) is 2.77. The fourth-order valence-electron chi connectivity index (χ4n) is 3.57. The number of carbonyl (C=O) groups is 1. The normalized spacial score (nSPS) is 30.5. The summed E-state index contributed by atoms with van der Waals surface area (Å²) in [5, 5.41) is 3.19. The van der Waals surface area contributed by atoms with Crippen molar-refractivity contribution < 1.29 is 4.79 Å². The summed E-state index contributed by atoms with van der Waals surface area (Å²) in [6, 6.07) is 0.0275. The molecule has 0 atom stereocenters. The zero-order valence-electron chi connectivity index (χ0n) is 13.2. The van der Waals surface area contributed by atoms with Crippen LogP contribution in [0.1, 0.15) is 64.7 Å². The van der Waals surface area contributed by atoms with Crippen LogP contribution in [0.2, 0.25) is 0 Å². The lowest BCUT2D eigenvalue weighted by Gasteiger charge is -2.41. The third kappa shape index (κ3) is 4.09. The fourth-order valence-corrected chi connectivity index (χ4v) is 3.82. The Morgan fingerprint density at radius 2 is 1.81 bits per heavy atom. The molecule has 1 heterocycles. The van der Waals surface area contributed by atoms with Crippen molar-refractivity contribution >= 4 is 23.2 Å². The topological polar surface area (TPSA) is 58.4 Å². The molecule has 0 radical (unpaired) electrons. The molecule has 21 heavy (non-hydrogen) atoms. The molecule has 1 aliphatic carbocycles. The first-order valence-electron chi connectivity index (χ1n) is 8.44. The van der Waals surface area contributed by atoms with Crippen molar-refractivity contribution in [3.63, 3.8) is 0 Å². The first-order chi connectivity index (χ1) is 10.1. The summed E-state index contributed by atoms with van der Waals surface area (Å²) < 4.78 is 0. The first kappa shape index (κ1) is 16.5. The van der Waals surface area contributed by atoms with Crippen LogP contribution in [0.5, 0.6) is 0 Å². The predicted molar refractivity (Wildman–Crippen MR) is 90.3 cm³/mol. The molecule has 2 aliphatic rings. The minimum Gasteiger partial charge on any atom is -0.391 e. The van der Waals surface area contributed by atoms with Gasteiger partial charge in [0.25, 0.3) is 0 Å². The quantitative estimate of drug-likeness (QED) is 0.787. The van der Waals surface area contributed by atoms with E-state index in [0.29, 0.717) is 4.99 Å². The number of hydrogen-bond acceptors (Lipinski definition) is 2. The molecular weight excluding hydrogens is 282 g/mol. The van der Waals surface area contributed by atoms with E-state index in [1.807, 2.05) is 4.90 Å². The van der Waals surface area contributed by atoms with Gasteiger partial charge < -0.3 is 16.0 Å². The molecular formula is C16H29N3OS. The Morgan fingerprint density at radius 3 is 2.29 bits per heavy atom. The number of rotatable bonds is 3. The van der Waals surface area contributed by atoms with E-state index >= 15 is 0 Å². The zero-order valence-corrected chi connectivity index (χ0v) is 14.0. The Kier molecular flexibility index (Phi) is 5.85. The number of urea groups is 1. The Balaban J connectivity index is 1.99. The molecule has 4 nitrogen and oxygen atoms in total. The molecule has 0 bridgehead atoms. The van der Waals surface area contributed by atoms with Gasteiger partial charge in [0.2, 0.25) is 0 Å². The Labute approximate surface area is 133 Å². The summed E-state index contributed by atoms with van der Waals surface area (Å²) in [6.07, 6.45) is 9.85. The second-order valence-electron chi connectivity index (χ2n) is 6.63. The summed E-state index contributed by atoms with van der Waals surface area (Å²) in [5.74, 6) is 0.752. The van der Waals surface area contributed by atoms with Gasteiger partial charge in [-0.05, 0) is 44.4 Å². The van der Waals surface area contributed by atoms with Gasteiger partial charge in [-0.3, -0.25) is 0 Å². The summed E-state index contributed by atoms with van der Waals surface area (Å²) in [4.78, 5) is 15.0. The second-order valence-corrected chi connectivity index (χ2v) is 7.07. The molecule has 1 aliphatic heterocycles. The third-order valence-electron chi connectivity index (χ3n) is 5.25. The van der Waals surface area contributed by atoms with Gasteiger partial charge in [-0.15, -0.1) is 0 Å². The van der Waals surface area contributed by atoms with E-state index < -0.39 is 5.54 Å². The highest BCUT2D eigenvalue weighted by Gasteiger charge is 2.39. The van der Waals surface area contributed by atoms with Crippen molar-refractivity contribution in [1.29, 1.82) is 0 Å². The van der Waals surface area contributed by atoms with Crippen LogP contribution >= 0.6 is 12.2 Å². The molecule has 1 saturated heterocycles. The highest BCUT2D eigenvalue weighted by Crippen LogP contribution is 2.34. The van der Waals surface area contributed by atoms with Crippen molar-refractivity contribution in [3.8, 4) is 0 Å². The number of likely N-dealkylation sites (tertiary alicyclic amines) is 1. The maximum absolute atomic E-state index is 12.6. The highest BCUT2D eigenvalue weighted by molar-refractivity contribution is 7.80. The second kappa shape index (κ2) is 7.43. The molecule has 0 aromatic rings. The molecule has 5 heteroatoms. The smallest absolute Gasteiger partial charge is 0.318 e. The SMILES string of the molecule is CCC1CCC(NC(=O)N2CCCCCC2)(C(N)=S)CC1. The number of nitrogens with two attached hydrogens (primary N) is 1. The van der Waals surface area contributed by atoms with Gasteiger partial charge in [-0.25, -0.2) is 4.79 Å². The number of carbonyl (C=O) groups excluding carboxylic acids is 1. The van der Waals surface area contributed by atoms with Crippen molar-refractivity contribution in [2.75, 3.05) is 13.1 Å². The Hall–Kier alpha value is -0.840. The van der Waals surface area contributed by atoms with Gasteiger partial charge in [-0.2, -0.15) is 0 Å². The van der Waals surface area contributed by atoms with E-state index in [-0.39, 0.29) is 6.03 Å². The number of nitrogens with one attached hydrogen (secondary N) is 1. The monoisotopic (exact) mass is 311 g/mol. The van der Waals surface area contributed by atoms with E-state index in [1.165, 1.54) is 19.3 Å². The van der Waals surface area contributed by atoms with Crippen LogP contribution in [0.15, 0.2) is 0 Å².